The largest absolute Gasteiger partial charge is 0.494 e. The van der Waals surface area contributed by atoms with E-state index < -0.39 is 5.97 Å². The molecule has 0 heterocycles. The first-order chi connectivity index (χ1) is 8.22. The minimum absolute atomic E-state index is 0.709. The van der Waals surface area contributed by atoms with E-state index in [4.69, 9.17) is 9.84 Å². The Bertz CT molecular complexity index is 374. The van der Waals surface area contributed by atoms with Gasteiger partial charge in [0.25, 0.3) is 0 Å². The van der Waals surface area contributed by atoms with Crippen molar-refractivity contribution in [2.45, 2.75) is 19.8 Å². The second-order valence-corrected chi connectivity index (χ2v) is 3.43. The molecule has 0 spiro atoms. The molecule has 0 amide bonds. The number of benzene rings is 1. The van der Waals surface area contributed by atoms with Gasteiger partial charge in [-0.25, -0.2) is 4.79 Å². The number of aliphatic carboxylic acids is 1. The minimum Gasteiger partial charge on any atom is -0.494 e. The Labute approximate surface area is 100 Å². The van der Waals surface area contributed by atoms with Gasteiger partial charge >= 0.3 is 5.97 Å². The summed E-state index contributed by atoms with van der Waals surface area (Å²) in [5.74, 6) is -0.289. The highest BCUT2D eigenvalue weighted by atomic mass is 16.5. The third-order valence-electron chi connectivity index (χ3n) is 1.99. The molecule has 5 nitrogen and oxygen atoms in total. The molecule has 1 aromatic carbocycles. The first-order valence-electron chi connectivity index (χ1n) is 5.47. The van der Waals surface area contributed by atoms with Crippen molar-refractivity contribution in [2.24, 2.45) is 5.10 Å². The zero-order valence-corrected chi connectivity index (χ0v) is 9.72. The number of unbranched alkanes of at least 4 members (excludes halogenated alkanes) is 1. The highest BCUT2D eigenvalue weighted by Crippen LogP contribution is 2.15. The van der Waals surface area contributed by atoms with Gasteiger partial charge in [-0.15, -0.1) is 0 Å². The fourth-order valence-corrected chi connectivity index (χ4v) is 1.12. The average Bonchev–Trinajstić information content (AvgIpc) is 2.31. The molecule has 0 saturated heterocycles. The van der Waals surface area contributed by atoms with Crippen LogP contribution in [0.5, 0.6) is 5.75 Å². The Morgan fingerprint density at radius 1 is 1.47 bits per heavy atom. The van der Waals surface area contributed by atoms with Crippen molar-refractivity contribution in [3.8, 4) is 5.75 Å². The standard InChI is InChI=1S/C12H16N2O3/c1-2-3-8-17-11-6-4-10(5-7-11)14-13-9-12(15)16/h4-7,9,14H,2-3,8H2,1H3,(H,15,16)/b13-9+. The van der Waals surface area contributed by atoms with Gasteiger partial charge in [-0.3, -0.25) is 5.43 Å². The molecule has 0 saturated carbocycles. The summed E-state index contributed by atoms with van der Waals surface area (Å²) in [4.78, 5) is 10.2. The second kappa shape index (κ2) is 7.27. The van der Waals surface area contributed by atoms with Crippen LogP contribution in [0.25, 0.3) is 0 Å². The number of hydrogen-bond acceptors (Lipinski definition) is 4. The van der Waals surface area contributed by atoms with Crippen LogP contribution < -0.4 is 10.2 Å². The quantitative estimate of drug-likeness (QED) is 0.433. The van der Waals surface area contributed by atoms with Gasteiger partial charge in [0.15, 0.2) is 0 Å². The van der Waals surface area contributed by atoms with Gasteiger partial charge in [0.05, 0.1) is 12.3 Å². The van der Waals surface area contributed by atoms with E-state index in [0.29, 0.717) is 12.3 Å². The summed E-state index contributed by atoms with van der Waals surface area (Å²) in [6, 6.07) is 7.18. The van der Waals surface area contributed by atoms with Gasteiger partial charge in [0, 0.05) is 0 Å². The van der Waals surface area contributed by atoms with E-state index in [-0.39, 0.29) is 0 Å². The normalized spacial score (nSPS) is 10.4. The summed E-state index contributed by atoms with van der Waals surface area (Å²) in [6.07, 6.45) is 2.93. The van der Waals surface area contributed by atoms with E-state index in [9.17, 15) is 4.79 Å². The summed E-state index contributed by atoms with van der Waals surface area (Å²) in [5, 5.41) is 11.9. The van der Waals surface area contributed by atoms with Crippen molar-refractivity contribution >= 4 is 17.9 Å². The summed E-state index contributed by atoms with van der Waals surface area (Å²) in [6.45, 7) is 2.82. The van der Waals surface area contributed by atoms with Gasteiger partial charge in [-0.05, 0) is 30.7 Å². The zero-order valence-electron chi connectivity index (χ0n) is 9.72. The fraction of sp³-hybridized carbons (Fsp3) is 0.333. The molecule has 0 aliphatic heterocycles. The molecule has 0 fully saturated rings. The van der Waals surface area contributed by atoms with Crippen molar-refractivity contribution in [3.63, 3.8) is 0 Å². The molecule has 1 rings (SSSR count). The van der Waals surface area contributed by atoms with Gasteiger partial charge in [0.1, 0.15) is 12.0 Å². The van der Waals surface area contributed by atoms with E-state index in [1.54, 1.807) is 12.1 Å². The number of carboxylic acids is 1. The summed E-state index contributed by atoms with van der Waals surface area (Å²) >= 11 is 0. The highest BCUT2D eigenvalue weighted by Gasteiger charge is 1.94. The monoisotopic (exact) mass is 236 g/mol. The molecule has 17 heavy (non-hydrogen) atoms. The Morgan fingerprint density at radius 2 is 2.18 bits per heavy atom. The lowest BCUT2D eigenvalue weighted by molar-refractivity contribution is -0.128. The lowest BCUT2D eigenvalue weighted by Gasteiger charge is -2.05. The van der Waals surface area contributed by atoms with E-state index in [1.807, 2.05) is 12.1 Å². The molecule has 1 aromatic rings. The fourth-order valence-electron chi connectivity index (χ4n) is 1.12. The van der Waals surface area contributed by atoms with E-state index in [2.05, 4.69) is 17.5 Å². The number of carbonyl (C=O) groups is 1. The number of anilines is 1. The molecule has 0 unspecified atom stereocenters. The van der Waals surface area contributed by atoms with Crippen molar-refractivity contribution in [3.05, 3.63) is 24.3 Å². The van der Waals surface area contributed by atoms with Crippen LogP contribution in [0.1, 0.15) is 19.8 Å². The Morgan fingerprint density at radius 3 is 2.76 bits per heavy atom. The lowest BCUT2D eigenvalue weighted by atomic mass is 10.3. The minimum atomic E-state index is -1.09. The van der Waals surface area contributed by atoms with Crippen molar-refractivity contribution in [2.75, 3.05) is 12.0 Å². The number of hydrogen-bond donors (Lipinski definition) is 2. The molecule has 0 radical (unpaired) electrons. The molecule has 0 aromatic heterocycles. The van der Waals surface area contributed by atoms with Crippen molar-refractivity contribution in [1.82, 2.24) is 0 Å². The van der Waals surface area contributed by atoms with Crippen LogP contribution >= 0.6 is 0 Å². The van der Waals surface area contributed by atoms with Crippen LogP contribution in [-0.2, 0) is 4.79 Å². The van der Waals surface area contributed by atoms with Crippen molar-refractivity contribution in [1.29, 1.82) is 0 Å². The van der Waals surface area contributed by atoms with E-state index >= 15 is 0 Å². The maximum atomic E-state index is 10.2. The third-order valence-corrected chi connectivity index (χ3v) is 1.99. The van der Waals surface area contributed by atoms with Crippen LogP contribution in [0.4, 0.5) is 5.69 Å². The number of nitrogens with one attached hydrogen (secondary N) is 1. The summed E-state index contributed by atoms with van der Waals surface area (Å²) < 4.78 is 5.48. The number of ether oxygens (including phenoxy) is 1. The Kier molecular flexibility index (Phi) is 5.57. The highest BCUT2D eigenvalue weighted by molar-refractivity contribution is 6.22. The number of rotatable bonds is 7. The topological polar surface area (TPSA) is 70.9 Å². The molecule has 5 heteroatoms. The van der Waals surface area contributed by atoms with Crippen LogP contribution in [-0.4, -0.2) is 23.9 Å². The molecule has 0 aliphatic rings. The summed E-state index contributed by atoms with van der Waals surface area (Å²) in [7, 11) is 0. The first kappa shape index (κ1) is 13.0. The van der Waals surface area contributed by atoms with Gasteiger partial charge in [-0.2, -0.15) is 5.10 Å². The molecule has 0 aliphatic carbocycles. The number of nitrogens with zero attached hydrogens (tertiary/aromatic N) is 1. The molecule has 2 N–H and O–H groups in total. The predicted octanol–water partition coefficient (Wildman–Crippen LogP) is 2.35. The maximum Gasteiger partial charge on any atom is 0.348 e. The molecular weight excluding hydrogens is 220 g/mol. The van der Waals surface area contributed by atoms with Crippen molar-refractivity contribution < 1.29 is 14.6 Å². The molecular formula is C12H16N2O3. The molecule has 0 atom stereocenters. The van der Waals surface area contributed by atoms with E-state index in [0.717, 1.165) is 24.8 Å². The summed E-state index contributed by atoms with van der Waals surface area (Å²) in [5.41, 5.74) is 3.32. The number of hydrazone groups is 1. The first-order valence-corrected chi connectivity index (χ1v) is 5.47. The zero-order chi connectivity index (χ0) is 12.5. The average molecular weight is 236 g/mol. The van der Waals surface area contributed by atoms with Gasteiger partial charge in [-0.1, -0.05) is 13.3 Å². The second-order valence-electron chi connectivity index (χ2n) is 3.43. The van der Waals surface area contributed by atoms with Gasteiger partial charge < -0.3 is 9.84 Å². The van der Waals surface area contributed by atoms with Gasteiger partial charge in [0.2, 0.25) is 0 Å². The predicted molar refractivity (Wildman–Crippen MR) is 66.6 cm³/mol. The Hall–Kier alpha value is -2.04. The van der Waals surface area contributed by atoms with Crippen LogP contribution in [0.15, 0.2) is 29.4 Å². The molecule has 92 valence electrons. The molecule has 0 bridgehead atoms. The van der Waals surface area contributed by atoms with E-state index in [1.165, 1.54) is 0 Å². The third kappa shape index (κ3) is 5.55. The SMILES string of the molecule is CCCCOc1ccc(N/N=C/C(=O)O)cc1. The maximum absolute atomic E-state index is 10.2. The lowest BCUT2D eigenvalue weighted by Crippen LogP contribution is -1.99. The van der Waals surface area contributed by atoms with Crippen LogP contribution in [0.2, 0.25) is 0 Å². The van der Waals surface area contributed by atoms with Crippen LogP contribution in [0, 0.1) is 0 Å². The Balaban J connectivity index is 2.41. The van der Waals surface area contributed by atoms with Crippen LogP contribution in [0.3, 0.4) is 0 Å². The smallest absolute Gasteiger partial charge is 0.348 e. The number of carboxylic acid groups (broad SMARTS) is 1.